The number of rotatable bonds is 2. The van der Waals surface area contributed by atoms with Crippen molar-refractivity contribution >= 4 is 15.6 Å². The predicted octanol–water partition coefficient (Wildman–Crippen LogP) is 0.255. The lowest BCUT2D eigenvalue weighted by Crippen LogP contribution is -2.22. The second kappa shape index (κ2) is 3.08. The highest BCUT2D eigenvalue weighted by Gasteiger charge is 2.36. The largest absolute Gasteiger partial charge is 0.296 e. The summed E-state index contributed by atoms with van der Waals surface area (Å²) in [7, 11) is -3.23. The zero-order chi connectivity index (χ0) is 9.35. The average Bonchev–Trinajstić information content (AvgIpc) is 2.28. The molecule has 0 amide bonds. The Hall–Kier alpha value is -0.520. The average molecular weight is 198 g/mol. The van der Waals surface area contributed by atoms with Crippen molar-refractivity contribution in [2.75, 3.05) is 11.5 Å². The third-order valence-corrected chi connectivity index (χ3v) is 3.62. The molecule has 3 nitrogen and oxygen atoms in total. The minimum Gasteiger partial charge on any atom is -0.293 e. The van der Waals surface area contributed by atoms with Crippen LogP contribution in [0.3, 0.4) is 0 Å². The van der Waals surface area contributed by atoms with Gasteiger partial charge in [-0.25, -0.2) is 17.2 Å². The van der Waals surface area contributed by atoms with Crippen molar-refractivity contribution in [1.29, 1.82) is 0 Å². The molecular formula is C6H8F2O3S. The maximum absolute atomic E-state index is 11.8. The molecule has 0 N–H and O–H groups in total. The number of ketones is 1. The highest BCUT2D eigenvalue weighted by atomic mass is 32.2. The van der Waals surface area contributed by atoms with E-state index in [0.29, 0.717) is 0 Å². The van der Waals surface area contributed by atoms with Gasteiger partial charge in [0.2, 0.25) is 5.78 Å². The minimum absolute atomic E-state index is 0.0471. The molecule has 0 aromatic heterocycles. The summed E-state index contributed by atoms with van der Waals surface area (Å²) in [6.45, 7) is 0. The van der Waals surface area contributed by atoms with Crippen molar-refractivity contribution in [2.24, 2.45) is 5.92 Å². The Morgan fingerprint density at radius 3 is 2.33 bits per heavy atom. The van der Waals surface area contributed by atoms with Crippen LogP contribution < -0.4 is 0 Å². The van der Waals surface area contributed by atoms with E-state index in [1.807, 2.05) is 0 Å². The molecule has 0 aromatic carbocycles. The Bertz CT molecular complexity index is 283. The molecule has 1 aliphatic heterocycles. The van der Waals surface area contributed by atoms with E-state index in [1.54, 1.807) is 0 Å². The molecule has 1 unspecified atom stereocenters. The van der Waals surface area contributed by atoms with Crippen molar-refractivity contribution in [1.82, 2.24) is 0 Å². The van der Waals surface area contributed by atoms with Gasteiger partial charge in [-0.2, -0.15) is 0 Å². The molecule has 1 atom stereocenters. The normalized spacial score (nSPS) is 27.8. The maximum Gasteiger partial charge on any atom is 0.296 e. The van der Waals surface area contributed by atoms with Crippen LogP contribution in [-0.2, 0) is 14.6 Å². The molecule has 1 fully saturated rings. The van der Waals surface area contributed by atoms with E-state index >= 15 is 0 Å². The summed E-state index contributed by atoms with van der Waals surface area (Å²) >= 11 is 0. The smallest absolute Gasteiger partial charge is 0.293 e. The highest BCUT2D eigenvalue weighted by molar-refractivity contribution is 7.91. The fourth-order valence-corrected chi connectivity index (χ4v) is 2.95. The number of carbonyl (C=O) groups excluding carboxylic acids is 1. The van der Waals surface area contributed by atoms with E-state index in [2.05, 4.69) is 0 Å². The molecule has 0 bridgehead atoms. The molecule has 0 radical (unpaired) electrons. The van der Waals surface area contributed by atoms with E-state index in [4.69, 9.17) is 0 Å². The molecular weight excluding hydrogens is 190 g/mol. The zero-order valence-corrected chi connectivity index (χ0v) is 6.98. The first kappa shape index (κ1) is 9.57. The fourth-order valence-electron chi connectivity index (χ4n) is 1.20. The van der Waals surface area contributed by atoms with Gasteiger partial charge in [-0.1, -0.05) is 0 Å². The predicted molar refractivity (Wildman–Crippen MR) is 37.8 cm³/mol. The molecule has 70 valence electrons. The number of hydrogen-bond acceptors (Lipinski definition) is 3. The summed E-state index contributed by atoms with van der Waals surface area (Å²) < 4.78 is 45.1. The number of sulfone groups is 1. The molecule has 1 saturated heterocycles. The first-order chi connectivity index (χ1) is 5.42. The lowest BCUT2D eigenvalue weighted by atomic mass is 10.0. The zero-order valence-electron chi connectivity index (χ0n) is 6.16. The van der Waals surface area contributed by atoms with Gasteiger partial charge in [0.25, 0.3) is 6.43 Å². The van der Waals surface area contributed by atoms with Crippen molar-refractivity contribution in [3.05, 3.63) is 0 Å². The first-order valence-corrected chi connectivity index (χ1v) is 5.27. The standard InChI is InChI=1S/C6H8F2O3S/c7-6(8)5(9)4-1-2-12(10,11)3-4/h4,6H,1-3H2. The third kappa shape index (κ3) is 2.00. The summed E-state index contributed by atoms with van der Waals surface area (Å²) in [5.41, 5.74) is 0. The Morgan fingerprint density at radius 1 is 1.42 bits per heavy atom. The van der Waals surface area contributed by atoms with E-state index in [0.717, 1.165) is 0 Å². The summed E-state index contributed by atoms with van der Waals surface area (Å²) in [5, 5.41) is 0. The van der Waals surface area contributed by atoms with E-state index < -0.39 is 33.7 Å². The third-order valence-electron chi connectivity index (χ3n) is 1.85. The first-order valence-electron chi connectivity index (χ1n) is 3.45. The highest BCUT2D eigenvalue weighted by Crippen LogP contribution is 2.21. The molecule has 6 heteroatoms. The maximum atomic E-state index is 11.8. The van der Waals surface area contributed by atoms with Gasteiger partial charge >= 0.3 is 0 Å². The summed E-state index contributed by atoms with van der Waals surface area (Å²) in [6.07, 6.45) is -2.99. The van der Waals surface area contributed by atoms with Crippen LogP contribution in [0.5, 0.6) is 0 Å². The second-order valence-corrected chi connectivity index (χ2v) is 5.03. The van der Waals surface area contributed by atoms with Gasteiger partial charge < -0.3 is 0 Å². The molecule has 0 aromatic rings. The summed E-state index contributed by atoms with van der Waals surface area (Å²) in [5.74, 6) is -2.77. The van der Waals surface area contributed by atoms with Gasteiger partial charge in [-0.15, -0.1) is 0 Å². The van der Waals surface area contributed by atoms with Crippen LogP contribution in [-0.4, -0.2) is 32.1 Å². The van der Waals surface area contributed by atoms with Crippen LogP contribution in [0.1, 0.15) is 6.42 Å². The van der Waals surface area contributed by atoms with Crippen LogP contribution in [0, 0.1) is 5.92 Å². The van der Waals surface area contributed by atoms with Crippen molar-refractivity contribution in [3.63, 3.8) is 0 Å². The second-order valence-electron chi connectivity index (χ2n) is 2.80. The van der Waals surface area contributed by atoms with Crippen LogP contribution in [0.15, 0.2) is 0 Å². The molecule has 0 aliphatic carbocycles. The SMILES string of the molecule is O=C(C(F)F)C1CCS(=O)(=O)C1. The number of carbonyl (C=O) groups is 1. The van der Waals surface area contributed by atoms with Gasteiger partial charge in [0, 0.05) is 5.92 Å². The molecule has 1 aliphatic rings. The molecule has 12 heavy (non-hydrogen) atoms. The molecule has 0 saturated carbocycles. The molecule has 1 heterocycles. The Kier molecular flexibility index (Phi) is 2.46. The van der Waals surface area contributed by atoms with Crippen molar-refractivity contribution in [3.8, 4) is 0 Å². The van der Waals surface area contributed by atoms with Gasteiger partial charge in [0.05, 0.1) is 11.5 Å². The topological polar surface area (TPSA) is 51.2 Å². The number of alkyl halides is 2. The molecule has 0 spiro atoms. The summed E-state index contributed by atoms with van der Waals surface area (Å²) in [6, 6.07) is 0. The quantitative estimate of drug-likeness (QED) is 0.639. The van der Waals surface area contributed by atoms with Gasteiger partial charge in [-0.05, 0) is 6.42 Å². The van der Waals surface area contributed by atoms with Crippen molar-refractivity contribution in [2.45, 2.75) is 12.8 Å². The summed E-state index contributed by atoms with van der Waals surface area (Å²) in [4.78, 5) is 10.6. The Labute approximate surface area is 68.7 Å². The van der Waals surface area contributed by atoms with Gasteiger partial charge in [0.15, 0.2) is 9.84 Å². The number of hydrogen-bond donors (Lipinski definition) is 0. The van der Waals surface area contributed by atoms with Crippen molar-refractivity contribution < 1.29 is 22.0 Å². The van der Waals surface area contributed by atoms with Gasteiger partial charge in [0.1, 0.15) is 0 Å². The van der Waals surface area contributed by atoms with Crippen LogP contribution in [0.2, 0.25) is 0 Å². The van der Waals surface area contributed by atoms with E-state index in [9.17, 15) is 22.0 Å². The fraction of sp³-hybridized carbons (Fsp3) is 0.833. The Morgan fingerprint density at radius 2 is 2.00 bits per heavy atom. The molecule has 1 rings (SSSR count). The number of halogens is 2. The van der Waals surface area contributed by atoms with Crippen LogP contribution in [0.4, 0.5) is 8.78 Å². The number of Topliss-reactive ketones (excluding diaryl/α,β-unsaturated/α-hetero) is 1. The lowest BCUT2D eigenvalue weighted by Gasteiger charge is -2.03. The van der Waals surface area contributed by atoms with Crippen LogP contribution in [0.25, 0.3) is 0 Å². The van der Waals surface area contributed by atoms with E-state index in [1.165, 1.54) is 0 Å². The van der Waals surface area contributed by atoms with Crippen LogP contribution >= 0.6 is 0 Å². The monoisotopic (exact) mass is 198 g/mol. The minimum atomic E-state index is -3.23. The van der Waals surface area contributed by atoms with E-state index in [-0.39, 0.29) is 12.2 Å². The Balaban J connectivity index is 2.65. The lowest BCUT2D eigenvalue weighted by molar-refractivity contribution is -0.132. The van der Waals surface area contributed by atoms with Gasteiger partial charge in [-0.3, -0.25) is 4.79 Å².